The Morgan fingerprint density at radius 2 is 0.722 bits per heavy atom. The number of carbonyl (C=O) groups is 1. The van der Waals surface area contributed by atoms with Crippen molar-refractivity contribution < 1.29 is 15.0 Å². The summed E-state index contributed by atoms with van der Waals surface area (Å²) in [5, 5.41) is 23.0. The summed E-state index contributed by atoms with van der Waals surface area (Å²) in [5.41, 5.74) is 0. The molecule has 0 fully saturated rings. The quantitative estimate of drug-likeness (QED) is 0.0429. The van der Waals surface area contributed by atoms with Crippen LogP contribution < -0.4 is 5.32 Å². The fourth-order valence-corrected chi connectivity index (χ4v) is 7.09. The highest BCUT2D eigenvalue weighted by molar-refractivity contribution is 5.76. The fourth-order valence-electron chi connectivity index (χ4n) is 7.09. The Hall–Kier alpha value is -1.65. The van der Waals surface area contributed by atoms with Crippen LogP contribution in [-0.2, 0) is 4.79 Å². The molecule has 0 saturated carbocycles. The molecule has 1 amide bonds. The van der Waals surface area contributed by atoms with Crippen LogP contribution in [0.1, 0.15) is 245 Å². The number of aliphatic hydroxyl groups is 2. The first-order valence-corrected chi connectivity index (χ1v) is 23.9. The maximum absolute atomic E-state index is 12.4. The van der Waals surface area contributed by atoms with E-state index >= 15 is 0 Å². The van der Waals surface area contributed by atoms with Crippen LogP contribution in [0.2, 0.25) is 0 Å². The van der Waals surface area contributed by atoms with Crippen molar-refractivity contribution >= 4 is 5.91 Å². The molecule has 0 rings (SSSR count). The van der Waals surface area contributed by atoms with E-state index < -0.39 is 12.1 Å². The van der Waals surface area contributed by atoms with Crippen LogP contribution in [0.5, 0.6) is 0 Å². The monoisotopic (exact) mass is 756 g/mol. The van der Waals surface area contributed by atoms with E-state index in [1.54, 1.807) is 6.08 Å². The van der Waals surface area contributed by atoms with Crippen molar-refractivity contribution in [2.24, 2.45) is 0 Å². The predicted molar refractivity (Wildman–Crippen MR) is 239 cm³/mol. The highest BCUT2D eigenvalue weighted by Crippen LogP contribution is 2.15. The average Bonchev–Trinajstić information content (AvgIpc) is 3.18. The summed E-state index contributed by atoms with van der Waals surface area (Å²) in [5.74, 6) is -0.0796. The number of allylic oxidation sites excluding steroid dienone is 7. The van der Waals surface area contributed by atoms with Gasteiger partial charge in [-0.15, -0.1) is 0 Å². The van der Waals surface area contributed by atoms with Crippen LogP contribution >= 0.6 is 0 Å². The van der Waals surface area contributed by atoms with E-state index in [0.717, 1.165) is 38.5 Å². The summed E-state index contributed by atoms with van der Waals surface area (Å²) >= 11 is 0. The Labute approximate surface area is 337 Å². The molecule has 0 aliphatic carbocycles. The lowest BCUT2D eigenvalue weighted by Gasteiger charge is -2.19. The summed E-state index contributed by atoms with van der Waals surface area (Å²) in [6.07, 6.45) is 62.3. The largest absolute Gasteiger partial charge is 0.394 e. The normalized spacial score (nSPS) is 13.3. The third kappa shape index (κ3) is 41.5. The summed E-state index contributed by atoms with van der Waals surface area (Å²) in [7, 11) is 0. The third-order valence-corrected chi connectivity index (χ3v) is 10.8. The van der Waals surface area contributed by atoms with Crippen molar-refractivity contribution in [3.05, 3.63) is 48.6 Å². The number of hydrogen-bond acceptors (Lipinski definition) is 3. The summed E-state index contributed by atoms with van der Waals surface area (Å²) in [6, 6.07) is -0.646. The number of aliphatic hydroxyl groups excluding tert-OH is 2. The van der Waals surface area contributed by atoms with Gasteiger partial charge in [-0.3, -0.25) is 4.79 Å². The van der Waals surface area contributed by atoms with Crippen LogP contribution in [0, 0.1) is 0 Å². The molecule has 2 atom stereocenters. The standard InChI is InChI=1S/C50H93NO3/c1-3-5-7-9-11-13-15-17-19-21-22-23-24-25-26-27-28-30-32-34-36-38-40-42-44-46-50(54)51-48(47-52)49(53)45-43-41-39-37-35-33-31-29-20-18-16-14-12-10-8-6-4-2/h20,25-26,29,35,37,43,45,48-49,52-53H,3-19,21-24,27-28,30-34,36,38-42,44,46-47H2,1-2H3,(H,51,54)/b26-25-,29-20+,37-35+,45-43+. The van der Waals surface area contributed by atoms with E-state index in [2.05, 4.69) is 55.6 Å². The first-order chi connectivity index (χ1) is 26.7. The maximum atomic E-state index is 12.4. The highest BCUT2D eigenvalue weighted by atomic mass is 16.3. The topological polar surface area (TPSA) is 69.6 Å². The van der Waals surface area contributed by atoms with E-state index in [1.807, 2.05) is 6.08 Å². The Bertz CT molecular complexity index is 862. The minimum Gasteiger partial charge on any atom is -0.394 e. The number of amides is 1. The van der Waals surface area contributed by atoms with E-state index in [4.69, 9.17) is 0 Å². The van der Waals surface area contributed by atoms with Gasteiger partial charge in [0.15, 0.2) is 0 Å². The molecule has 0 radical (unpaired) electrons. The van der Waals surface area contributed by atoms with Gasteiger partial charge in [0.1, 0.15) is 0 Å². The van der Waals surface area contributed by atoms with Crippen molar-refractivity contribution in [2.75, 3.05) is 6.61 Å². The van der Waals surface area contributed by atoms with E-state index in [0.29, 0.717) is 6.42 Å². The average molecular weight is 756 g/mol. The van der Waals surface area contributed by atoms with Gasteiger partial charge in [-0.05, 0) is 70.6 Å². The Morgan fingerprint density at radius 3 is 1.07 bits per heavy atom. The predicted octanol–water partition coefficient (Wildman–Crippen LogP) is 15.1. The lowest BCUT2D eigenvalue weighted by atomic mass is 10.0. The summed E-state index contributed by atoms with van der Waals surface area (Å²) < 4.78 is 0. The number of carbonyl (C=O) groups excluding carboxylic acids is 1. The van der Waals surface area contributed by atoms with Crippen LogP contribution in [0.15, 0.2) is 48.6 Å². The van der Waals surface area contributed by atoms with Gasteiger partial charge >= 0.3 is 0 Å². The van der Waals surface area contributed by atoms with Gasteiger partial charge in [-0.25, -0.2) is 0 Å². The third-order valence-electron chi connectivity index (χ3n) is 10.8. The van der Waals surface area contributed by atoms with Gasteiger partial charge in [0.05, 0.1) is 18.8 Å². The lowest BCUT2D eigenvalue weighted by molar-refractivity contribution is -0.123. The molecule has 4 heteroatoms. The van der Waals surface area contributed by atoms with Crippen LogP contribution in [-0.4, -0.2) is 34.9 Å². The second-order valence-corrected chi connectivity index (χ2v) is 16.2. The number of hydrogen-bond donors (Lipinski definition) is 3. The van der Waals surface area contributed by atoms with E-state index in [-0.39, 0.29) is 12.5 Å². The van der Waals surface area contributed by atoms with Crippen LogP contribution in [0.25, 0.3) is 0 Å². The first kappa shape index (κ1) is 52.3. The molecule has 4 nitrogen and oxygen atoms in total. The summed E-state index contributed by atoms with van der Waals surface area (Å²) in [4.78, 5) is 12.4. The zero-order valence-corrected chi connectivity index (χ0v) is 36.2. The van der Waals surface area contributed by atoms with Gasteiger partial charge in [0, 0.05) is 6.42 Å². The molecule has 0 aromatic heterocycles. The van der Waals surface area contributed by atoms with Crippen LogP contribution in [0.4, 0.5) is 0 Å². The molecular formula is C50H93NO3. The zero-order valence-electron chi connectivity index (χ0n) is 36.2. The molecule has 0 saturated heterocycles. The Kier molecular flexibility index (Phi) is 44.3. The molecule has 0 aliphatic heterocycles. The number of rotatable bonds is 43. The summed E-state index contributed by atoms with van der Waals surface area (Å²) in [6.45, 7) is 4.30. The van der Waals surface area contributed by atoms with Crippen molar-refractivity contribution in [1.29, 1.82) is 0 Å². The SMILES string of the molecule is CCCCCCCCC/C=C/CC/C=C/CC/C=C/C(O)C(CO)NC(=O)CCCCCCCCCCC/C=C\CCCCCCCCCCCCCC. The first-order valence-electron chi connectivity index (χ1n) is 23.9. The van der Waals surface area contributed by atoms with Crippen molar-refractivity contribution in [3.63, 3.8) is 0 Å². The van der Waals surface area contributed by atoms with E-state index in [1.165, 1.54) is 186 Å². The molecule has 54 heavy (non-hydrogen) atoms. The number of nitrogens with one attached hydrogen (secondary N) is 1. The molecule has 3 N–H and O–H groups in total. The molecular weight excluding hydrogens is 663 g/mol. The fraction of sp³-hybridized carbons (Fsp3) is 0.820. The second kappa shape index (κ2) is 45.7. The maximum Gasteiger partial charge on any atom is 0.220 e. The molecule has 0 bridgehead atoms. The minimum atomic E-state index is -0.871. The Balaban J connectivity index is 3.58. The van der Waals surface area contributed by atoms with Crippen LogP contribution in [0.3, 0.4) is 0 Å². The van der Waals surface area contributed by atoms with Gasteiger partial charge in [-0.1, -0.05) is 217 Å². The van der Waals surface area contributed by atoms with Crippen molar-refractivity contribution in [3.8, 4) is 0 Å². The van der Waals surface area contributed by atoms with Gasteiger partial charge in [0.25, 0.3) is 0 Å². The van der Waals surface area contributed by atoms with Crippen molar-refractivity contribution in [1.82, 2.24) is 5.32 Å². The minimum absolute atomic E-state index is 0.0796. The van der Waals surface area contributed by atoms with Gasteiger partial charge in [-0.2, -0.15) is 0 Å². The number of unbranched alkanes of at least 4 members (excludes halogenated alkanes) is 30. The molecule has 0 aromatic carbocycles. The molecule has 2 unspecified atom stereocenters. The highest BCUT2D eigenvalue weighted by Gasteiger charge is 2.17. The molecule has 0 spiro atoms. The molecule has 0 aromatic rings. The van der Waals surface area contributed by atoms with Crippen molar-refractivity contribution in [2.45, 2.75) is 257 Å². The van der Waals surface area contributed by atoms with Gasteiger partial charge < -0.3 is 15.5 Å². The molecule has 316 valence electrons. The van der Waals surface area contributed by atoms with E-state index in [9.17, 15) is 15.0 Å². The lowest BCUT2D eigenvalue weighted by Crippen LogP contribution is -2.45. The molecule has 0 aliphatic rings. The smallest absolute Gasteiger partial charge is 0.220 e. The molecule has 0 heterocycles. The second-order valence-electron chi connectivity index (χ2n) is 16.2. The zero-order chi connectivity index (χ0) is 39.3. The Morgan fingerprint density at radius 1 is 0.426 bits per heavy atom. The van der Waals surface area contributed by atoms with Gasteiger partial charge in [0.2, 0.25) is 5.91 Å².